The third-order valence-electron chi connectivity index (χ3n) is 2.65. The van der Waals surface area contributed by atoms with Crippen LogP contribution in [0.2, 0.25) is 0 Å². The van der Waals surface area contributed by atoms with Crippen molar-refractivity contribution in [2.75, 3.05) is 31.3 Å². The van der Waals surface area contributed by atoms with E-state index in [-0.39, 0.29) is 18.3 Å². The van der Waals surface area contributed by atoms with Crippen molar-refractivity contribution in [3.05, 3.63) is 11.8 Å². The second kappa shape index (κ2) is 5.93. The summed E-state index contributed by atoms with van der Waals surface area (Å²) in [6.45, 7) is 1.86. The minimum atomic E-state index is -4.60. The van der Waals surface area contributed by atoms with Crippen molar-refractivity contribution in [3.8, 4) is 0 Å². The Morgan fingerprint density at radius 1 is 1.50 bits per heavy atom. The topological polar surface area (TPSA) is 84.1 Å². The number of hydrogen-bond donors (Lipinski definition) is 2. The van der Waals surface area contributed by atoms with E-state index in [4.69, 9.17) is 5.73 Å². The summed E-state index contributed by atoms with van der Waals surface area (Å²) >= 11 is 0. The molecule has 0 aliphatic carbocycles. The van der Waals surface area contributed by atoms with Crippen LogP contribution in [0.15, 0.2) is 6.07 Å². The molecule has 1 amide bonds. The summed E-state index contributed by atoms with van der Waals surface area (Å²) in [6, 6.07) is 0.799. The number of rotatable bonds is 4. The molecule has 1 heterocycles. The molecule has 0 spiro atoms. The van der Waals surface area contributed by atoms with Crippen LogP contribution in [0, 0.1) is 5.92 Å². The number of anilines is 2. The smallest absolute Gasteiger partial charge is 0.368 e. The van der Waals surface area contributed by atoms with Crippen molar-refractivity contribution in [1.82, 2.24) is 15.3 Å². The molecule has 1 aromatic heterocycles. The van der Waals surface area contributed by atoms with Gasteiger partial charge in [0.1, 0.15) is 5.82 Å². The fraction of sp³-hybridized carbons (Fsp3) is 0.545. The Morgan fingerprint density at radius 2 is 2.10 bits per heavy atom. The molecule has 0 aromatic carbocycles. The highest BCUT2D eigenvalue weighted by molar-refractivity contribution is 5.78. The van der Waals surface area contributed by atoms with E-state index in [9.17, 15) is 18.0 Å². The molecule has 6 nitrogen and oxygen atoms in total. The first-order valence-corrected chi connectivity index (χ1v) is 5.79. The maximum Gasteiger partial charge on any atom is 0.433 e. The number of halogens is 3. The zero-order chi connectivity index (χ0) is 15.5. The van der Waals surface area contributed by atoms with Crippen molar-refractivity contribution < 1.29 is 18.0 Å². The highest BCUT2D eigenvalue weighted by Gasteiger charge is 2.34. The van der Waals surface area contributed by atoms with Gasteiger partial charge in [0, 0.05) is 26.7 Å². The van der Waals surface area contributed by atoms with Crippen molar-refractivity contribution in [2.24, 2.45) is 5.92 Å². The molecular weight excluding hydrogens is 275 g/mol. The van der Waals surface area contributed by atoms with Gasteiger partial charge in [0.25, 0.3) is 0 Å². The minimum Gasteiger partial charge on any atom is -0.368 e. The first-order chi connectivity index (χ1) is 9.15. The summed E-state index contributed by atoms with van der Waals surface area (Å²) in [5, 5.41) is 2.47. The Morgan fingerprint density at radius 3 is 2.60 bits per heavy atom. The molecule has 0 fully saturated rings. The summed E-state index contributed by atoms with van der Waals surface area (Å²) in [7, 11) is 3.02. The fourth-order valence-electron chi connectivity index (χ4n) is 1.63. The Bertz CT molecular complexity index is 491. The van der Waals surface area contributed by atoms with Crippen LogP contribution in [0.5, 0.6) is 0 Å². The number of alkyl halides is 3. The summed E-state index contributed by atoms with van der Waals surface area (Å²) < 4.78 is 37.9. The zero-order valence-electron chi connectivity index (χ0n) is 11.3. The molecule has 1 aromatic rings. The van der Waals surface area contributed by atoms with Crippen LogP contribution in [-0.2, 0) is 11.0 Å². The maximum absolute atomic E-state index is 12.6. The molecule has 0 radical (unpaired) electrons. The lowest BCUT2D eigenvalue weighted by Crippen LogP contribution is -2.35. The van der Waals surface area contributed by atoms with Crippen LogP contribution in [0.4, 0.5) is 24.9 Å². The molecular formula is C11H16F3N5O. The molecule has 9 heteroatoms. The number of amides is 1. The standard InChI is InChI=1S/C11H16F3N5O/c1-6(9(20)16-2)5-19(3)8-4-7(11(12,13)14)17-10(15)18-8/h4,6H,5H2,1-3H3,(H,16,20)(H2,15,17,18). The Hall–Kier alpha value is -2.06. The highest BCUT2D eigenvalue weighted by Crippen LogP contribution is 2.30. The van der Waals surface area contributed by atoms with Crippen molar-refractivity contribution >= 4 is 17.7 Å². The van der Waals surface area contributed by atoms with E-state index in [1.807, 2.05) is 0 Å². The third-order valence-corrected chi connectivity index (χ3v) is 2.65. The SMILES string of the molecule is CNC(=O)C(C)CN(C)c1cc(C(F)(F)F)nc(N)n1. The van der Waals surface area contributed by atoms with E-state index in [0.29, 0.717) is 0 Å². The highest BCUT2D eigenvalue weighted by atomic mass is 19.4. The summed E-state index contributed by atoms with van der Waals surface area (Å²) in [5.74, 6) is -1.07. The monoisotopic (exact) mass is 291 g/mol. The lowest BCUT2D eigenvalue weighted by atomic mass is 10.1. The first kappa shape index (κ1) is 16.0. The Labute approximate surface area is 114 Å². The Balaban J connectivity index is 2.96. The second-order valence-corrected chi connectivity index (χ2v) is 4.36. The summed E-state index contributed by atoms with van der Waals surface area (Å²) in [4.78, 5) is 19.7. The number of carbonyl (C=O) groups is 1. The number of nitrogens with two attached hydrogens (primary N) is 1. The maximum atomic E-state index is 12.6. The minimum absolute atomic E-state index is 0.0144. The van der Waals surface area contributed by atoms with Gasteiger partial charge in [-0.1, -0.05) is 6.92 Å². The molecule has 0 bridgehead atoms. The van der Waals surface area contributed by atoms with Crippen molar-refractivity contribution in [1.29, 1.82) is 0 Å². The van der Waals surface area contributed by atoms with Gasteiger partial charge in [0.2, 0.25) is 11.9 Å². The van der Waals surface area contributed by atoms with E-state index in [1.165, 1.54) is 19.0 Å². The molecule has 1 rings (SSSR count). The van der Waals surface area contributed by atoms with Crippen LogP contribution in [0.1, 0.15) is 12.6 Å². The van der Waals surface area contributed by atoms with E-state index < -0.39 is 23.7 Å². The Kier molecular flexibility index (Phi) is 4.74. The molecule has 0 saturated carbocycles. The number of nitrogens with one attached hydrogen (secondary N) is 1. The molecule has 0 aliphatic rings. The van der Waals surface area contributed by atoms with Crippen LogP contribution < -0.4 is 16.0 Å². The van der Waals surface area contributed by atoms with Crippen LogP contribution in [-0.4, -0.2) is 36.5 Å². The predicted octanol–water partition coefficient (Wildman–Crippen LogP) is 0.896. The van der Waals surface area contributed by atoms with Gasteiger partial charge in [-0.15, -0.1) is 0 Å². The normalized spacial score (nSPS) is 12.9. The quantitative estimate of drug-likeness (QED) is 0.861. The first-order valence-electron chi connectivity index (χ1n) is 5.79. The number of nitrogen functional groups attached to an aromatic ring is 1. The van der Waals surface area contributed by atoms with Crippen molar-refractivity contribution in [2.45, 2.75) is 13.1 Å². The van der Waals surface area contributed by atoms with Gasteiger partial charge in [0.15, 0.2) is 5.69 Å². The molecule has 1 atom stereocenters. The molecule has 112 valence electrons. The molecule has 3 N–H and O–H groups in total. The van der Waals surface area contributed by atoms with Gasteiger partial charge in [0.05, 0.1) is 5.92 Å². The summed E-state index contributed by atoms with van der Waals surface area (Å²) in [5.41, 5.74) is 4.17. The van der Waals surface area contributed by atoms with Gasteiger partial charge >= 0.3 is 6.18 Å². The third kappa shape index (κ3) is 3.97. The zero-order valence-corrected chi connectivity index (χ0v) is 11.3. The van der Waals surface area contributed by atoms with E-state index in [1.54, 1.807) is 6.92 Å². The van der Waals surface area contributed by atoms with Gasteiger partial charge in [-0.2, -0.15) is 18.2 Å². The van der Waals surface area contributed by atoms with Gasteiger partial charge in [-0.05, 0) is 0 Å². The van der Waals surface area contributed by atoms with E-state index >= 15 is 0 Å². The van der Waals surface area contributed by atoms with Gasteiger partial charge in [-0.25, -0.2) is 4.98 Å². The van der Waals surface area contributed by atoms with E-state index in [0.717, 1.165) is 6.07 Å². The molecule has 20 heavy (non-hydrogen) atoms. The second-order valence-electron chi connectivity index (χ2n) is 4.36. The lowest BCUT2D eigenvalue weighted by Gasteiger charge is -2.22. The number of aromatic nitrogens is 2. The average molecular weight is 291 g/mol. The number of carbonyl (C=O) groups excluding carboxylic acids is 1. The van der Waals surface area contributed by atoms with Crippen LogP contribution in [0.25, 0.3) is 0 Å². The fourth-order valence-corrected chi connectivity index (χ4v) is 1.63. The average Bonchev–Trinajstić information content (AvgIpc) is 2.35. The van der Waals surface area contributed by atoms with Gasteiger partial charge in [-0.3, -0.25) is 4.79 Å². The van der Waals surface area contributed by atoms with Crippen LogP contribution in [0.3, 0.4) is 0 Å². The molecule has 0 saturated heterocycles. The van der Waals surface area contributed by atoms with Crippen LogP contribution >= 0.6 is 0 Å². The number of hydrogen-bond acceptors (Lipinski definition) is 5. The largest absolute Gasteiger partial charge is 0.433 e. The number of nitrogens with zero attached hydrogens (tertiary/aromatic N) is 3. The van der Waals surface area contributed by atoms with Gasteiger partial charge < -0.3 is 16.0 Å². The lowest BCUT2D eigenvalue weighted by molar-refractivity contribution is -0.141. The van der Waals surface area contributed by atoms with E-state index in [2.05, 4.69) is 15.3 Å². The molecule has 1 unspecified atom stereocenters. The van der Waals surface area contributed by atoms with Crippen molar-refractivity contribution in [3.63, 3.8) is 0 Å². The molecule has 0 aliphatic heterocycles. The summed E-state index contributed by atoms with van der Waals surface area (Å²) in [6.07, 6.45) is -4.60. The predicted molar refractivity (Wildman–Crippen MR) is 67.9 cm³/mol.